The van der Waals surface area contributed by atoms with Gasteiger partial charge in [0, 0.05) is 32.1 Å². The second kappa shape index (κ2) is 8.92. The fraction of sp³-hybridized carbons (Fsp3) is 0.583. The molecule has 3 aliphatic rings. The number of nitrogens with one attached hydrogen (secondary N) is 1. The molecule has 1 aromatic carbocycles. The van der Waals surface area contributed by atoms with Gasteiger partial charge in [-0.15, -0.1) is 0 Å². The number of hydrogen-bond donors (Lipinski definition) is 1. The van der Waals surface area contributed by atoms with E-state index in [0.29, 0.717) is 51.9 Å². The van der Waals surface area contributed by atoms with Crippen LogP contribution in [0.15, 0.2) is 30.3 Å². The molecule has 1 aromatic rings. The van der Waals surface area contributed by atoms with E-state index in [-0.39, 0.29) is 35.7 Å². The Balaban J connectivity index is 1.40. The second-order valence-corrected chi connectivity index (χ2v) is 9.47. The molecule has 0 radical (unpaired) electrons. The highest BCUT2D eigenvalue weighted by molar-refractivity contribution is 6.07. The van der Waals surface area contributed by atoms with Crippen molar-refractivity contribution in [1.82, 2.24) is 20.0 Å². The number of likely N-dealkylation sites (tertiary alicyclic amines) is 2. The summed E-state index contributed by atoms with van der Waals surface area (Å²) in [6.45, 7) is 5.67. The van der Waals surface area contributed by atoms with Gasteiger partial charge in [-0.05, 0) is 31.2 Å². The maximum atomic E-state index is 13.4. The number of rotatable bonds is 4. The molecule has 5 amide bonds. The minimum absolute atomic E-state index is 0.0168. The van der Waals surface area contributed by atoms with Crippen LogP contribution < -0.4 is 5.32 Å². The van der Waals surface area contributed by atoms with E-state index in [2.05, 4.69) is 5.32 Å². The number of nitrogens with zero attached hydrogens (tertiary/aromatic N) is 3. The molecule has 8 heteroatoms. The van der Waals surface area contributed by atoms with Crippen LogP contribution >= 0.6 is 0 Å². The van der Waals surface area contributed by atoms with Gasteiger partial charge in [0.15, 0.2) is 0 Å². The Kier molecular flexibility index (Phi) is 6.22. The minimum Gasteiger partial charge on any atom is -0.342 e. The number of hydrogen-bond acceptors (Lipinski definition) is 4. The molecule has 172 valence electrons. The van der Waals surface area contributed by atoms with E-state index in [0.717, 1.165) is 12.0 Å². The predicted octanol–water partition coefficient (Wildman–Crippen LogP) is 1.79. The quantitative estimate of drug-likeness (QED) is 0.723. The fourth-order valence-electron chi connectivity index (χ4n) is 5.06. The largest absolute Gasteiger partial charge is 0.342 e. The first-order valence-corrected chi connectivity index (χ1v) is 11.6. The summed E-state index contributed by atoms with van der Waals surface area (Å²) in [6, 6.07) is 8.91. The van der Waals surface area contributed by atoms with Crippen LogP contribution in [0.1, 0.15) is 45.1 Å². The highest BCUT2D eigenvalue weighted by Crippen LogP contribution is 2.32. The average molecular weight is 441 g/mol. The Morgan fingerprint density at radius 1 is 1.06 bits per heavy atom. The van der Waals surface area contributed by atoms with E-state index < -0.39 is 5.54 Å². The maximum absolute atomic E-state index is 13.4. The van der Waals surface area contributed by atoms with Crippen LogP contribution in [0.4, 0.5) is 4.79 Å². The Morgan fingerprint density at radius 3 is 2.41 bits per heavy atom. The molecule has 32 heavy (non-hydrogen) atoms. The number of piperidine rings is 2. The number of imide groups is 1. The van der Waals surface area contributed by atoms with Gasteiger partial charge >= 0.3 is 6.03 Å². The third-order valence-electron chi connectivity index (χ3n) is 6.93. The molecule has 3 fully saturated rings. The van der Waals surface area contributed by atoms with Crippen LogP contribution in [0.2, 0.25) is 0 Å². The van der Waals surface area contributed by atoms with Gasteiger partial charge < -0.3 is 15.1 Å². The first kappa shape index (κ1) is 22.3. The molecule has 1 N–H and O–H groups in total. The zero-order valence-electron chi connectivity index (χ0n) is 18.9. The third-order valence-corrected chi connectivity index (χ3v) is 6.93. The topological polar surface area (TPSA) is 90.0 Å². The second-order valence-electron chi connectivity index (χ2n) is 9.47. The van der Waals surface area contributed by atoms with Crippen LogP contribution in [0.5, 0.6) is 0 Å². The molecule has 1 spiro atoms. The Hall–Kier alpha value is -2.90. The van der Waals surface area contributed by atoms with Crippen LogP contribution in [0.3, 0.4) is 0 Å². The Morgan fingerprint density at radius 2 is 1.75 bits per heavy atom. The molecule has 3 aliphatic heterocycles. The standard InChI is InChI=1S/C24H32N4O4/c1-17(2)21(30)26-13-10-24(11-14-26)22(31)28(23(32)25-24)19-9-6-12-27(16-19)20(29)15-18-7-4-3-5-8-18/h3-5,7-8,17,19H,6,9-16H2,1-2H3,(H,25,32)/t19-/m0/s1. The van der Waals surface area contributed by atoms with Crippen molar-refractivity contribution in [2.75, 3.05) is 26.2 Å². The molecule has 0 unspecified atom stereocenters. The Labute approximate surface area is 188 Å². The lowest BCUT2D eigenvalue weighted by molar-refractivity contribution is -0.142. The van der Waals surface area contributed by atoms with Crippen molar-refractivity contribution in [3.05, 3.63) is 35.9 Å². The molecular formula is C24H32N4O4. The van der Waals surface area contributed by atoms with Crippen LogP contribution in [0, 0.1) is 5.92 Å². The van der Waals surface area contributed by atoms with Crippen molar-refractivity contribution < 1.29 is 19.2 Å². The minimum atomic E-state index is -0.929. The van der Waals surface area contributed by atoms with E-state index in [9.17, 15) is 19.2 Å². The van der Waals surface area contributed by atoms with Crippen LogP contribution in [-0.2, 0) is 20.8 Å². The summed E-state index contributed by atoms with van der Waals surface area (Å²) < 4.78 is 0. The van der Waals surface area contributed by atoms with E-state index in [4.69, 9.17) is 0 Å². The van der Waals surface area contributed by atoms with E-state index >= 15 is 0 Å². The van der Waals surface area contributed by atoms with Crippen molar-refractivity contribution in [2.24, 2.45) is 5.92 Å². The van der Waals surface area contributed by atoms with E-state index in [1.807, 2.05) is 44.2 Å². The first-order valence-electron chi connectivity index (χ1n) is 11.6. The van der Waals surface area contributed by atoms with Crippen molar-refractivity contribution in [3.63, 3.8) is 0 Å². The molecule has 3 heterocycles. The van der Waals surface area contributed by atoms with Gasteiger partial charge in [-0.3, -0.25) is 19.3 Å². The summed E-state index contributed by atoms with van der Waals surface area (Å²) in [5.74, 6) is -0.200. The fourth-order valence-corrected chi connectivity index (χ4v) is 5.06. The molecule has 0 aromatic heterocycles. The highest BCUT2D eigenvalue weighted by atomic mass is 16.2. The van der Waals surface area contributed by atoms with E-state index in [1.54, 1.807) is 9.80 Å². The summed E-state index contributed by atoms with van der Waals surface area (Å²) in [4.78, 5) is 56.3. The van der Waals surface area contributed by atoms with Crippen LogP contribution in [-0.4, -0.2) is 76.2 Å². The van der Waals surface area contributed by atoms with Gasteiger partial charge in [0.05, 0.1) is 12.5 Å². The van der Waals surface area contributed by atoms with Crippen molar-refractivity contribution in [1.29, 1.82) is 0 Å². The number of amides is 5. The lowest BCUT2D eigenvalue weighted by atomic mass is 9.86. The molecule has 4 rings (SSSR count). The third kappa shape index (κ3) is 4.23. The predicted molar refractivity (Wildman–Crippen MR) is 119 cm³/mol. The van der Waals surface area contributed by atoms with Gasteiger partial charge in [-0.2, -0.15) is 0 Å². The van der Waals surface area contributed by atoms with Gasteiger partial charge in [0.25, 0.3) is 5.91 Å². The van der Waals surface area contributed by atoms with Crippen LogP contribution in [0.25, 0.3) is 0 Å². The zero-order chi connectivity index (χ0) is 22.9. The molecule has 0 bridgehead atoms. The lowest BCUT2D eigenvalue weighted by Gasteiger charge is -2.39. The highest BCUT2D eigenvalue weighted by Gasteiger charge is 2.54. The first-order chi connectivity index (χ1) is 15.3. The molecule has 0 aliphatic carbocycles. The molecular weight excluding hydrogens is 408 g/mol. The van der Waals surface area contributed by atoms with Gasteiger partial charge in [-0.25, -0.2) is 4.79 Å². The SMILES string of the molecule is CC(C)C(=O)N1CCC2(CC1)NC(=O)N([C@H]1CCCN(C(=O)Cc3ccccc3)C1)C2=O. The van der Waals surface area contributed by atoms with Gasteiger partial charge in [0.2, 0.25) is 11.8 Å². The summed E-state index contributed by atoms with van der Waals surface area (Å²) in [5.41, 5.74) is 0.0255. The summed E-state index contributed by atoms with van der Waals surface area (Å²) in [5, 5.41) is 2.94. The monoisotopic (exact) mass is 440 g/mol. The summed E-state index contributed by atoms with van der Waals surface area (Å²) in [6.07, 6.45) is 2.62. The van der Waals surface area contributed by atoms with Crippen molar-refractivity contribution >= 4 is 23.8 Å². The molecule has 8 nitrogen and oxygen atoms in total. The smallest absolute Gasteiger partial charge is 0.325 e. The molecule has 1 atom stereocenters. The number of carbonyl (C=O) groups excluding carboxylic acids is 4. The number of carbonyl (C=O) groups is 4. The normalized spacial score (nSPS) is 23.1. The lowest BCUT2D eigenvalue weighted by Crippen LogP contribution is -2.57. The molecule has 0 saturated carbocycles. The maximum Gasteiger partial charge on any atom is 0.325 e. The van der Waals surface area contributed by atoms with E-state index in [1.165, 1.54) is 4.90 Å². The average Bonchev–Trinajstić information content (AvgIpc) is 3.03. The zero-order valence-corrected chi connectivity index (χ0v) is 18.9. The Bertz CT molecular complexity index is 893. The van der Waals surface area contributed by atoms with Crippen molar-refractivity contribution in [3.8, 4) is 0 Å². The molecule has 3 saturated heterocycles. The van der Waals surface area contributed by atoms with Gasteiger partial charge in [-0.1, -0.05) is 44.2 Å². The van der Waals surface area contributed by atoms with Crippen molar-refractivity contribution in [2.45, 2.75) is 57.5 Å². The summed E-state index contributed by atoms with van der Waals surface area (Å²) >= 11 is 0. The summed E-state index contributed by atoms with van der Waals surface area (Å²) in [7, 11) is 0. The van der Waals surface area contributed by atoms with Gasteiger partial charge in [0.1, 0.15) is 5.54 Å². The number of urea groups is 1. The number of benzene rings is 1.